The molecule has 4 nitrogen and oxygen atoms in total. The van der Waals surface area contributed by atoms with Gasteiger partial charge in [-0.15, -0.1) is 11.3 Å². The Kier molecular flexibility index (Phi) is 4.22. The van der Waals surface area contributed by atoms with E-state index < -0.39 is 0 Å². The maximum absolute atomic E-state index is 5.78. The van der Waals surface area contributed by atoms with Crippen LogP contribution in [0.1, 0.15) is 24.6 Å². The van der Waals surface area contributed by atoms with Gasteiger partial charge in [0.15, 0.2) is 4.96 Å². The summed E-state index contributed by atoms with van der Waals surface area (Å²) in [5, 5.41) is 2.02. The number of hydrogen-bond donors (Lipinski definition) is 1. The van der Waals surface area contributed by atoms with E-state index in [-0.39, 0.29) is 6.04 Å². The number of nitrogens with zero attached hydrogens (tertiary/aromatic N) is 2. The molecule has 0 aliphatic rings. The highest BCUT2D eigenvalue weighted by Crippen LogP contribution is 2.17. The highest BCUT2D eigenvalue weighted by atomic mass is 32.1. The first kappa shape index (κ1) is 14.1. The third kappa shape index (κ3) is 3.62. The van der Waals surface area contributed by atoms with Crippen molar-refractivity contribution < 1.29 is 4.74 Å². The zero-order chi connectivity index (χ0) is 14.7. The van der Waals surface area contributed by atoms with Crippen LogP contribution in [-0.4, -0.2) is 15.4 Å². The Bertz CT molecular complexity index is 671. The first-order valence-electron chi connectivity index (χ1n) is 7.09. The molecule has 0 bridgehead atoms. The molecule has 3 aromatic rings. The van der Waals surface area contributed by atoms with E-state index >= 15 is 0 Å². The van der Waals surface area contributed by atoms with Crippen LogP contribution >= 0.6 is 11.3 Å². The molecule has 0 radical (unpaired) electrons. The number of hydrogen-bond acceptors (Lipinski definition) is 4. The van der Waals surface area contributed by atoms with Crippen LogP contribution in [0.2, 0.25) is 0 Å². The fourth-order valence-electron chi connectivity index (χ4n) is 2.15. The van der Waals surface area contributed by atoms with Gasteiger partial charge in [-0.1, -0.05) is 12.1 Å². The lowest BCUT2D eigenvalue weighted by atomic mass is 10.1. The van der Waals surface area contributed by atoms with E-state index in [0.717, 1.165) is 29.2 Å². The number of benzene rings is 1. The fraction of sp³-hybridized carbons (Fsp3) is 0.312. The van der Waals surface area contributed by atoms with Crippen LogP contribution in [0.25, 0.3) is 4.96 Å². The third-order valence-corrected chi connectivity index (χ3v) is 4.11. The standard InChI is InChI=1S/C16H19N3OS/c1-12(17)2-3-13-4-6-15(7-5-13)20-11-14-10-19-8-9-21-16(19)18-14/h4-10,12H,2-3,11,17H2,1H3. The van der Waals surface area contributed by atoms with Gasteiger partial charge in [0.2, 0.25) is 0 Å². The number of aromatic nitrogens is 2. The predicted molar refractivity (Wildman–Crippen MR) is 85.8 cm³/mol. The van der Waals surface area contributed by atoms with Gasteiger partial charge in [0.1, 0.15) is 12.4 Å². The summed E-state index contributed by atoms with van der Waals surface area (Å²) in [5.41, 5.74) is 8.01. The van der Waals surface area contributed by atoms with Gasteiger partial charge in [-0.2, -0.15) is 0 Å². The lowest BCUT2D eigenvalue weighted by molar-refractivity contribution is 0.302. The minimum atomic E-state index is 0.246. The summed E-state index contributed by atoms with van der Waals surface area (Å²) in [7, 11) is 0. The predicted octanol–water partition coefficient (Wildman–Crippen LogP) is 3.25. The third-order valence-electron chi connectivity index (χ3n) is 3.34. The normalized spacial score (nSPS) is 12.7. The van der Waals surface area contributed by atoms with Gasteiger partial charge in [-0.05, 0) is 37.5 Å². The smallest absolute Gasteiger partial charge is 0.193 e. The van der Waals surface area contributed by atoms with E-state index in [1.165, 1.54) is 5.56 Å². The Morgan fingerprint density at radius 3 is 2.86 bits per heavy atom. The molecule has 0 aliphatic carbocycles. The fourth-order valence-corrected chi connectivity index (χ4v) is 2.87. The SMILES string of the molecule is CC(N)CCc1ccc(OCc2cn3ccsc3n2)cc1. The minimum Gasteiger partial charge on any atom is -0.487 e. The average molecular weight is 301 g/mol. The van der Waals surface area contributed by atoms with Crippen LogP contribution in [0.4, 0.5) is 0 Å². The summed E-state index contributed by atoms with van der Waals surface area (Å²) in [5.74, 6) is 0.871. The van der Waals surface area contributed by atoms with E-state index in [0.29, 0.717) is 6.61 Å². The van der Waals surface area contributed by atoms with Gasteiger partial charge < -0.3 is 10.5 Å². The maximum atomic E-state index is 5.78. The molecule has 2 heterocycles. The number of fused-ring (bicyclic) bond motifs is 1. The lowest BCUT2D eigenvalue weighted by Gasteiger charge is -2.07. The van der Waals surface area contributed by atoms with Gasteiger partial charge in [0, 0.05) is 23.8 Å². The van der Waals surface area contributed by atoms with Crippen molar-refractivity contribution in [2.24, 2.45) is 5.73 Å². The molecule has 110 valence electrons. The molecular weight excluding hydrogens is 282 g/mol. The topological polar surface area (TPSA) is 52.5 Å². The van der Waals surface area contributed by atoms with Crippen LogP contribution in [0.15, 0.2) is 42.0 Å². The Balaban J connectivity index is 1.56. The van der Waals surface area contributed by atoms with Crippen molar-refractivity contribution in [1.82, 2.24) is 9.38 Å². The first-order chi connectivity index (χ1) is 10.2. The molecule has 0 saturated carbocycles. The summed E-state index contributed by atoms with van der Waals surface area (Å²) >= 11 is 1.63. The first-order valence-corrected chi connectivity index (χ1v) is 7.97. The largest absolute Gasteiger partial charge is 0.487 e. The zero-order valence-corrected chi connectivity index (χ0v) is 12.8. The number of ether oxygens (including phenoxy) is 1. The van der Waals surface area contributed by atoms with Crippen LogP contribution < -0.4 is 10.5 Å². The van der Waals surface area contributed by atoms with Crippen molar-refractivity contribution in [1.29, 1.82) is 0 Å². The van der Waals surface area contributed by atoms with Crippen molar-refractivity contribution >= 4 is 16.3 Å². The quantitative estimate of drug-likeness (QED) is 0.760. The van der Waals surface area contributed by atoms with Crippen molar-refractivity contribution in [2.45, 2.75) is 32.4 Å². The van der Waals surface area contributed by atoms with E-state index in [4.69, 9.17) is 10.5 Å². The Labute approximate surface area is 128 Å². The highest BCUT2D eigenvalue weighted by molar-refractivity contribution is 7.15. The molecule has 0 spiro atoms. The zero-order valence-electron chi connectivity index (χ0n) is 12.0. The van der Waals surface area contributed by atoms with Crippen LogP contribution in [-0.2, 0) is 13.0 Å². The molecule has 1 atom stereocenters. The molecular formula is C16H19N3OS. The molecule has 0 aliphatic heterocycles. The summed E-state index contributed by atoms with van der Waals surface area (Å²) in [4.78, 5) is 5.50. The summed E-state index contributed by atoms with van der Waals surface area (Å²) < 4.78 is 7.79. The van der Waals surface area contributed by atoms with Crippen molar-refractivity contribution in [2.75, 3.05) is 0 Å². The van der Waals surface area contributed by atoms with Crippen LogP contribution in [0.5, 0.6) is 5.75 Å². The van der Waals surface area contributed by atoms with Gasteiger partial charge in [0.05, 0.1) is 5.69 Å². The van der Waals surface area contributed by atoms with Crippen molar-refractivity contribution in [3.8, 4) is 5.75 Å². The van der Waals surface area contributed by atoms with Crippen LogP contribution in [0.3, 0.4) is 0 Å². The number of rotatable bonds is 6. The average Bonchev–Trinajstić information content (AvgIpc) is 3.05. The monoisotopic (exact) mass is 301 g/mol. The number of imidazole rings is 1. The second kappa shape index (κ2) is 6.28. The number of thiazole rings is 1. The molecule has 0 saturated heterocycles. The molecule has 1 aromatic carbocycles. The summed E-state index contributed by atoms with van der Waals surface area (Å²) in [6.07, 6.45) is 6.02. The van der Waals surface area contributed by atoms with Crippen molar-refractivity contribution in [3.05, 3.63) is 53.3 Å². The molecule has 2 aromatic heterocycles. The minimum absolute atomic E-state index is 0.246. The van der Waals surface area contributed by atoms with E-state index in [2.05, 4.69) is 17.1 Å². The molecule has 0 amide bonds. The second-order valence-electron chi connectivity index (χ2n) is 5.27. The highest BCUT2D eigenvalue weighted by Gasteiger charge is 2.04. The molecule has 1 unspecified atom stereocenters. The van der Waals surface area contributed by atoms with E-state index in [9.17, 15) is 0 Å². The lowest BCUT2D eigenvalue weighted by Crippen LogP contribution is -2.15. The van der Waals surface area contributed by atoms with E-state index in [1.54, 1.807) is 11.3 Å². The molecule has 0 fully saturated rings. The van der Waals surface area contributed by atoms with Gasteiger partial charge in [-0.3, -0.25) is 4.40 Å². The summed E-state index contributed by atoms with van der Waals surface area (Å²) in [6, 6.07) is 8.47. The van der Waals surface area contributed by atoms with Crippen molar-refractivity contribution in [3.63, 3.8) is 0 Å². The van der Waals surface area contributed by atoms with Crippen LogP contribution in [0, 0.1) is 0 Å². The Hall–Kier alpha value is -1.85. The Morgan fingerprint density at radius 1 is 1.33 bits per heavy atom. The van der Waals surface area contributed by atoms with E-state index in [1.807, 2.05) is 41.2 Å². The maximum Gasteiger partial charge on any atom is 0.193 e. The van der Waals surface area contributed by atoms with Gasteiger partial charge >= 0.3 is 0 Å². The number of nitrogens with two attached hydrogens (primary N) is 1. The number of aryl methyl sites for hydroxylation is 1. The molecule has 2 N–H and O–H groups in total. The summed E-state index contributed by atoms with van der Waals surface area (Å²) in [6.45, 7) is 2.53. The van der Waals surface area contributed by atoms with Gasteiger partial charge in [-0.25, -0.2) is 4.98 Å². The molecule has 21 heavy (non-hydrogen) atoms. The molecule has 3 rings (SSSR count). The second-order valence-corrected chi connectivity index (χ2v) is 6.15. The Morgan fingerprint density at radius 2 is 2.14 bits per heavy atom. The molecule has 5 heteroatoms. The van der Waals surface area contributed by atoms with Gasteiger partial charge in [0.25, 0.3) is 0 Å².